The summed E-state index contributed by atoms with van der Waals surface area (Å²) in [6, 6.07) is 5.08. The third-order valence-corrected chi connectivity index (χ3v) is 2.83. The summed E-state index contributed by atoms with van der Waals surface area (Å²) in [4.78, 5) is 34.2. The number of hydrogen-bond acceptors (Lipinski definition) is 5. The number of carbonyl (C=O) groups excluding carboxylic acids is 3. The van der Waals surface area contributed by atoms with Crippen LogP contribution in [0.2, 0.25) is 0 Å². The van der Waals surface area contributed by atoms with E-state index in [4.69, 9.17) is 9.47 Å². The van der Waals surface area contributed by atoms with E-state index in [9.17, 15) is 14.4 Å². The van der Waals surface area contributed by atoms with Crippen LogP contribution in [0.3, 0.4) is 0 Å². The standard InChI is InChI=1S/C13H9NO5/c15-9-5-12(16)14-13(17)8(9)3-7-1-2-10-11(4-7)19-6-18-10/h1-4H,5-6H2,(H,14,16,17)/b8-3+. The second-order valence-electron chi connectivity index (χ2n) is 4.15. The fourth-order valence-corrected chi connectivity index (χ4v) is 1.92. The van der Waals surface area contributed by atoms with Gasteiger partial charge in [-0.25, -0.2) is 0 Å². The van der Waals surface area contributed by atoms with E-state index < -0.39 is 17.6 Å². The summed E-state index contributed by atoms with van der Waals surface area (Å²) < 4.78 is 10.4. The molecule has 96 valence electrons. The lowest BCUT2D eigenvalue weighted by Crippen LogP contribution is -2.40. The van der Waals surface area contributed by atoms with Crippen LogP contribution in [0.1, 0.15) is 12.0 Å². The van der Waals surface area contributed by atoms with Gasteiger partial charge >= 0.3 is 0 Å². The second kappa shape index (κ2) is 4.24. The van der Waals surface area contributed by atoms with Gasteiger partial charge in [-0.1, -0.05) is 6.07 Å². The van der Waals surface area contributed by atoms with Crippen LogP contribution in [-0.4, -0.2) is 24.4 Å². The molecule has 0 unspecified atom stereocenters. The van der Waals surface area contributed by atoms with Crippen LogP contribution in [0, 0.1) is 0 Å². The van der Waals surface area contributed by atoms with Crippen LogP contribution >= 0.6 is 0 Å². The van der Waals surface area contributed by atoms with Gasteiger partial charge in [-0.15, -0.1) is 0 Å². The van der Waals surface area contributed by atoms with Gasteiger partial charge in [0, 0.05) is 0 Å². The van der Waals surface area contributed by atoms with Crippen molar-refractivity contribution in [3.8, 4) is 11.5 Å². The number of fused-ring (bicyclic) bond motifs is 1. The fourth-order valence-electron chi connectivity index (χ4n) is 1.92. The third kappa shape index (κ3) is 2.08. The van der Waals surface area contributed by atoms with Crippen LogP contribution in [0.15, 0.2) is 23.8 Å². The van der Waals surface area contributed by atoms with Crippen molar-refractivity contribution in [2.75, 3.05) is 6.79 Å². The van der Waals surface area contributed by atoms with Gasteiger partial charge in [0.25, 0.3) is 5.91 Å². The van der Waals surface area contributed by atoms with E-state index in [1.807, 2.05) is 0 Å². The maximum atomic E-state index is 11.6. The molecule has 19 heavy (non-hydrogen) atoms. The molecule has 2 aliphatic heterocycles. The molecule has 1 aromatic carbocycles. The first-order chi connectivity index (χ1) is 9.13. The Hall–Kier alpha value is -2.63. The van der Waals surface area contributed by atoms with E-state index in [1.54, 1.807) is 18.2 Å². The first-order valence-corrected chi connectivity index (χ1v) is 5.62. The lowest BCUT2D eigenvalue weighted by Gasteiger charge is -2.12. The Labute approximate surface area is 108 Å². The van der Waals surface area contributed by atoms with Gasteiger partial charge in [0.15, 0.2) is 17.3 Å². The van der Waals surface area contributed by atoms with Crippen LogP contribution in [0.25, 0.3) is 6.08 Å². The van der Waals surface area contributed by atoms with Gasteiger partial charge in [0.1, 0.15) is 0 Å². The Kier molecular flexibility index (Phi) is 2.56. The molecular formula is C13H9NO5. The van der Waals surface area contributed by atoms with Gasteiger partial charge in [0.2, 0.25) is 12.7 Å². The van der Waals surface area contributed by atoms with Crippen LogP contribution in [-0.2, 0) is 14.4 Å². The normalized spacial score (nSPS) is 19.8. The predicted octanol–water partition coefficient (Wildman–Crippen LogP) is 0.414. The second-order valence-corrected chi connectivity index (χ2v) is 4.15. The van der Waals surface area contributed by atoms with Crippen molar-refractivity contribution in [3.05, 3.63) is 29.3 Å². The summed E-state index contributed by atoms with van der Waals surface area (Å²) in [5, 5.41) is 2.11. The van der Waals surface area contributed by atoms with E-state index in [-0.39, 0.29) is 18.8 Å². The largest absolute Gasteiger partial charge is 0.454 e. The Morgan fingerprint density at radius 2 is 1.89 bits per heavy atom. The van der Waals surface area contributed by atoms with Gasteiger partial charge in [-0.2, -0.15) is 0 Å². The molecule has 2 heterocycles. The number of benzene rings is 1. The van der Waals surface area contributed by atoms with E-state index in [2.05, 4.69) is 5.32 Å². The topological polar surface area (TPSA) is 81.7 Å². The zero-order valence-corrected chi connectivity index (χ0v) is 9.76. The zero-order valence-electron chi connectivity index (χ0n) is 9.76. The molecule has 1 fully saturated rings. The Morgan fingerprint density at radius 3 is 2.68 bits per heavy atom. The Bertz CT molecular complexity index is 610. The number of imide groups is 1. The van der Waals surface area contributed by atoms with Crippen molar-refractivity contribution >= 4 is 23.7 Å². The van der Waals surface area contributed by atoms with Crippen molar-refractivity contribution in [2.24, 2.45) is 0 Å². The number of Topliss-reactive ketones (excluding diaryl/α,β-unsaturated/α-hetero) is 1. The van der Waals surface area contributed by atoms with Gasteiger partial charge in [0.05, 0.1) is 12.0 Å². The summed E-state index contributed by atoms with van der Waals surface area (Å²) in [7, 11) is 0. The maximum Gasteiger partial charge on any atom is 0.261 e. The van der Waals surface area contributed by atoms with E-state index in [1.165, 1.54) is 6.08 Å². The maximum absolute atomic E-state index is 11.6. The number of amides is 2. The van der Waals surface area contributed by atoms with Crippen molar-refractivity contribution in [3.63, 3.8) is 0 Å². The molecule has 2 aliphatic rings. The monoisotopic (exact) mass is 259 g/mol. The first kappa shape index (κ1) is 11.5. The highest BCUT2D eigenvalue weighted by Crippen LogP contribution is 2.33. The summed E-state index contributed by atoms with van der Waals surface area (Å²) in [5.41, 5.74) is 0.607. The summed E-state index contributed by atoms with van der Waals surface area (Å²) in [6.45, 7) is 0.156. The number of nitrogens with one attached hydrogen (secondary N) is 1. The van der Waals surface area contributed by atoms with Crippen LogP contribution < -0.4 is 14.8 Å². The third-order valence-electron chi connectivity index (χ3n) is 2.83. The number of piperidine rings is 1. The van der Waals surface area contributed by atoms with Crippen LogP contribution in [0.5, 0.6) is 11.5 Å². The molecule has 1 aromatic rings. The van der Waals surface area contributed by atoms with Crippen LogP contribution in [0.4, 0.5) is 0 Å². The van der Waals surface area contributed by atoms with E-state index in [0.29, 0.717) is 17.1 Å². The highest BCUT2D eigenvalue weighted by atomic mass is 16.7. The number of carbonyl (C=O) groups is 3. The van der Waals surface area contributed by atoms with Gasteiger partial charge in [-0.05, 0) is 23.8 Å². The molecule has 0 radical (unpaired) electrons. The van der Waals surface area contributed by atoms with Crippen molar-refractivity contribution in [1.29, 1.82) is 0 Å². The Balaban J connectivity index is 1.94. The molecule has 0 aromatic heterocycles. The minimum Gasteiger partial charge on any atom is -0.454 e. The smallest absolute Gasteiger partial charge is 0.261 e. The molecule has 2 amide bonds. The highest BCUT2D eigenvalue weighted by molar-refractivity contribution is 6.32. The number of hydrogen-bond donors (Lipinski definition) is 1. The minimum atomic E-state index is -0.668. The average Bonchev–Trinajstić information content (AvgIpc) is 2.81. The molecule has 0 spiro atoms. The van der Waals surface area contributed by atoms with Crippen molar-refractivity contribution in [2.45, 2.75) is 6.42 Å². The quantitative estimate of drug-likeness (QED) is 0.342. The minimum absolute atomic E-state index is 0.0292. The molecule has 0 atom stereocenters. The summed E-state index contributed by atoms with van der Waals surface area (Å²) >= 11 is 0. The molecule has 1 N–H and O–H groups in total. The molecule has 6 nitrogen and oxygen atoms in total. The molecule has 3 rings (SSSR count). The predicted molar refractivity (Wildman–Crippen MR) is 63.3 cm³/mol. The lowest BCUT2D eigenvalue weighted by molar-refractivity contribution is -0.134. The van der Waals surface area contributed by atoms with E-state index >= 15 is 0 Å². The number of rotatable bonds is 1. The molecule has 6 heteroatoms. The molecule has 1 saturated heterocycles. The average molecular weight is 259 g/mol. The first-order valence-electron chi connectivity index (χ1n) is 5.62. The van der Waals surface area contributed by atoms with Gasteiger partial charge in [-0.3, -0.25) is 19.7 Å². The van der Waals surface area contributed by atoms with Gasteiger partial charge < -0.3 is 9.47 Å². The molecule has 0 bridgehead atoms. The lowest BCUT2D eigenvalue weighted by atomic mass is 10.0. The molecular weight excluding hydrogens is 250 g/mol. The summed E-state index contributed by atoms with van der Waals surface area (Å²) in [5.74, 6) is -0.533. The van der Waals surface area contributed by atoms with Crippen molar-refractivity contribution in [1.82, 2.24) is 5.32 Å². The highest BCUT2D eigenvalue weighted by Gasteiger charge is 2.28. The Morgan fingerprint density at radius 1 is 1.11 bits per heavy atom. The van der Waals surface area contributed by atoms with E-state index in [0.717, 1.165) is 0 Å². The molecule has 0 aliphatic carbocycles. The fraction of sp³-hybridized carbons (Fsp3) is 0.154. The SMILES string of the molecule is O=C1CC(=O)/C(=C\c2ccc3c(c2)OCO3)C(=O)N1. The number of ether oxygens (including phenoxy) is 2. The number of ketones is 1. The molecule has 0 saturated carbocycles. The summed E-state index contributed by atoms with van der Waals surface area (Å²) in [6.07, 6.45) is 1.13. The zero-order chi connectivity index (χ0) is 13.4. The van der Waals surface area contributed by atoms with Crippen molar-refractivity contribution < 1.29 is 23.9 Å².